The molecule has 1 fully saturated rings. The number of pyridine rings is 1. The molecule has 27 heavy (non-hydrogen) atoms. The Morgan fingerprint density at radius 3 is 2.67 bits per heavy atom. The van der Waals surface area contributed by atoms with Crippen molar-refractivity contribution in [3.8, 4) is 0 Å². The molecule has 2 N–H and O–H groups in total. The minimum atomic E-state index is -0.429. The minimum Gasteiger partial charge on any atom is -0.379 e. The number of nitrogens with zero attached hydrogens (tertiary/aromatic N) is 3. The van der Waals surface area contributed by atoms with E-state index in [1.807, 2.05) is 12.3 Å². The fourth-order valence-electron chi connectivity index (χ4n) is 2.95. The topological polar surface area (TPSA) is 92.6 Å². The monoisotopic (exact) mass is 387 g/mol. The molecule has 0 amide bonds. The summed E-state index contributed by atoms with van der Waals surface area (Å²) in [7, 11) is 0. The highest BCUT2D eigenvalue weighted by atomic mass is 32.1. The predicted octanol–water partition coefficient (Wildman–Crippen LogP) is 2.35. The number of aromatic nitrogens is 1. The highest BCUT2D eigenvalue weighted by molar-refractivity contribution is 7.80. The van der Waals surface area contributed by atoms with E-state index in [9.17, 15) is 10.1 Å². The van der Waals surface area contributed by atoms with E-state index in [0.717, 1.165) is 18.7 Å². The van der Waals surface area contributed by atoms with Crippen LogP contribution in [-0.4, -0.2) is 52.8 Å². The van der Waals surface area contributed by atoms with Gasteiger partial charge in [0.25, 0.3) is 5.69 Å². The van der Waals surface area contributed by atoms with E-state index < -0.39 is 4.92 Å². The van der Waals surface area contributed by atoms with Gasteiger partial charge in [-0.05, 0) is 36.0 Å². The van der Waals surface area contributed by atoms with Gasteiger partial charge in [-0.2, -0.15) is 0 Å². The van der Waals surface area contributed by atoms with Gasteiger partial charge >= 0.3 is 0 Å². The zero-order chi connectivity index (χ0) is 19.1. The van der Waals surface area contributed by atoms with Gasteiger partial charge in [-0.1, -0.05) is 6.07 Å². The fourth-order valence-corrected chi connectivity index (χ4v) is 3.15. The Hall–Kier alpha value is -2.62. The van der Waals surface area contributed by atoms with Crippen molar-refractivity contribution in [2.24, 2.45) is 0 Å². The van der Waals surface area contributed by atoms with Gasteiger partial charge in [0, 0.05) is 49.8 Å². The van der Waals surface area contributed by atoms with Crippen molar-refractivity contribution in [1.29, 1.82) is 0 Å². The lowest BCUT2D eigenvalue weighted by Gasteiger charge is -2.35. The number of hydrogen-bond acceptors (Lipinski definition) is 6. The summed E-state index contributed by atoms with van der Waals surface area (Å²) in [6.45, 7) is 3.74. The van der Waals surface area contributed by atoms with Crippen LogP contribution in [0.3, 0.4) is 0 Å². The van der Waals surface area contributed by atoms with Gasteiger partial charge < -0.3 is 15.4 Å². The highest BCUT2D eigenvalue weighted by Crippen LogP contribution is 2.20. The standard InChI is InChI=1S/C18H21N5O3S/c24-23(25)16-5-3-15(4-6-16)21-18(27)20-13-17(14-2-1-7-19-12-14)22-8-10-26-11-9-22/h1-7,12,17H,8-11,13H2,(H2,20,21,27)/t17-/m0/s1. The zero-order valence-electron chi connectivity index (χ0n) is 14.7. The van der Waals surface area contributed by atoms with E-state index in [4.69, 9.17) is 17.0 Å². The summed E-state index contributed by atoms with van der Waals surface area (Å²) < 4.78 is 5.45. The average Bonchev–Trinajstić information content (AvgIpc) is 2.70. The molecule has 0 unspecified atom stereocenters. The number of thiocarbonyl (C=S) groups is 1. The molecule has 142 valence electrons. The Labute approximate surface area is 162 Å². The molecule has 0 bridgehead atoms. The first-order valence-electron chi connectivity index (χ1n) is 8.64. The highest BCUT2D eigenvalue weighted by Gasteiger charge is 2.23. The second-order valence-corrected chi connectivity index (χ2v) is 6.50. The van der Waals surface area contributed by atoms with Crippen LogP contribution in [0.2, 0.25) is 0 Å². The lowest BCUT2D eigenvalue weighted by Crippen LogP contribution is -2.44. The van der Waals surface area contributed by atoms with Crippen LogP contribution in [0, 0.1) is 10.1 Å². The maximum Gasteiger partial charge on any atom is 0.269 e. The third kappa shape index (κ3) is 5.43. The minimum absolute atomic E-state index is 0.0448. The molecule has 2 heterocycles. The number of benzene rings is 1. The molecule has 0 aliphatic carbocycles. The van der Waals surface area contributed by atoms with Crippen molar-refractivity contribution in [3.05, 3.63) is 64.5 Å². The fraction of sp³-hybridized carbons (Fsp3) is 0.333. The van der Waals surface area contributed by atoms with Crippen LogP contribution in [0.25, 0.3) is 0 Å². The lowest BCUT2D eigenvalue weighted by molar-refractivity contribution is -0.384. The van der Waals surface area contributed by atoms with Gasteiger partial charge in [0.05, 0.1) is 24.2 Å². The molecule has 0 radical (unpaired) electrons. The number of anilines is 1. The van der Waals surface area contributed by atoms with Crippen LogP contribution < -0.4 is 10.6 Å². The smallest absolute Gasteiger partial charge is 0.269 e. The summed E-state index contributed by atoms with van der Waals surface area (Å²) >= 11 is 5.38. The van der Waals surface area contributed by atoms with Gasteiger partial charge in [-0.15, -0.1) is 0 Å². The lowest BCUT2D eigenvalue weighted by atomic mass is 10.1. The number of hydrogen-bond donors (Lipinski definition) is 2. The summed E-state index contributed by atoms with van der Waals surface area (Å²) in [5, 5.41) is 17.5. The van der Waals surface area contributed by atoms with Crippen molar-refractivity contribution < 1.29 is 9.66 Å². The third-order valence-electron chi connectivity index (χ3n) is 4.35. The molecule has 3 rings (SSSR count). The van der Waals surface area contributed by atoms with Crippen LogP contribution in [0.1, 0.15) is 11.6 Å². The van der Waals surface area contributed by atoms with E-state index in [2.05, 4.69) is 26.6 Å². The predicted molar refractivity (Wildman–Crippen MR) is 107 cm³/mol. The zero-order valence-corrected chi connectivity index (χ0v) is 15.5. The third-order valence-corrected chi connectivity index (χ3v) is 4.59. The van der Waals surface area contributed by atoms with Gasteiger partial charge in [0.15, 0.2) is 5.11 Å². The van der Waals surface area contributed by atoms with Crippen LogP contribution in [0.4, 0.5) is 11.4 Å². The van der Waals surface area contributed by atoms with E-state index >= 15 is 0 Å². The molecular formula is C18H21N5O3S. The second kappa shape index (κ2) is 9.36. The van der Waals surface area contributed by atoms with E-state index in [-0.39, 0.29) is 11.7 Å². The number of nitro benzene ring substituents is 1. The van der Waals surface area contributed by atoms with Crippen molar-refractivity contribution in [1.82, 2.24) is 15.2 Å². The average molecular weight is 387 g/mol. The van der Waals surface area contributed by atoms with Crippen molar-refractivity contribution >= 4 is 28.7 Å². The van der Waals surface area contributed by atoms with Gasteiger partial charge in [-0.3, -0.25) is 20.0 Å². The molecule has 8 nitrogen and oxygen atoms in total. The van der Waals surface area contributed by atoms with E-state index in [0.29, 0.717) is 30.6 Å². The number of nitro groups is 1. The summed E-state index contributed by atoms with van der Waals surface area (Å²) in [5.41, 5.74) is 1.86. The first kappa shape index (κ1) is 19.2. The van der Waals surface area contributed by atoms with Crippen LogP contribution >= 0.6 is 12.2 Å². The largest absolute Gasteiger partial charge is 0.379 e. The summed E-state index contributed by atoms with van der Waals surface area (Å²) in [5.74, 6) is 0. The quantitative estimate of drug-likeness (QED) is 0.443. The summed E-state index contributed by atoms with van der Waals surface area (Å²) in [6.07, 6.45) is 3.63. The maximum atomic E-state index is 10.7. The number of morpholine rings is 1. The van der Waals surface area contributed by atoms with Crippen molar-refractivity contribution in [3.63, 3.8) is 0 Å². The molecule has 1 saturated heterocycles. The first-order chi connectivity index (χ1) is 13.1. The van der Waals surface area contributed by atoms with Crippen LogP contribution in [0.15, 0.2) is 48.8 Å². The molecule has 1 aromatic heterocycles. The van der Waals surface area contributed by atoms with E-state index in [1.54, 1.807) is 18.3 Å². The first-order valence-corrected chi connectivity index (χ1v) is 9.05. The van der Waals surface area contributed by atoms with Gasteiger partial charge in [0.2, 0.25) is 0 Å². The van der Waals surface area contributed by atoms with Crippen molar-refractivity contribution in [2.75, 3.05) is 38.2 Å². The molecule has 1 atom stereocenters. The van der Waals surface area contributed by atoms with Crippen LogP contribution in [0.5, 0.6) is 0 Å². The number of non-ortho nitro benzene ring substituents is 1. The summed E-state index contributed by atoms with van der Waals surface area (Å²) in [4.78, 5) is 16.9. The number of rotatable bonds is 6. The Balaban J connectivity index is 1.60. The van der Waals surface area contributed by atoms with Crippen LogP contribution in [-0.2, 0) is 4.74 Å². The van der Waals surface area contributed by atoms with Gasteiger partial charge in [0.1, 0.15) is 0 Å². The number of ether oxygens (including phenoxy) is 1. The maximum absolute atomic E-state index is 10.7. The molecule has 2 aromatic rings. The normalized spacial score (nSPS) is 15.7. The Morgan fingerprint density at radius 1 is 1.30 bits per heavy atom. The SMILES string of the molecule is O=[N+]([O-])c1ccc(NC(=S)NC[C@@H](c2cccnc2)N2CCOCC2)cc1. The van der Waals surface area contributed by atoms with Crippen molar-refractivity contribution in [2.45, 2.75) is 6.04 Å². The van der Waals surface area contributed by atoms with Gasteiger partial charge in [-0.25, -0.2) is 0 Å². The van der Waals surface area contributed by atoms with E-state index in [1.165, 1.54) is 12.1 Å². The number of nitrogens with one attached hydrogen (secondary N) is 2. The molecule has 0 spiro atoms. The summed E-state index contributed by atoms with van der Waals surface area (Å²) in [6, 6.07) is 10.3. The Kier molecular flexibility index (Phi) is 6.64. The molecule has 1 aromatic carbocycles. The molecule has 0 saturated carbocycles. The second-order valence-electron chi connectivity index (χ2n) is 6.09. The molecule has 9 heteroatoms. The molecule has 1 aliphatic heterocycles. The Morgan fingerprint density at radius 2 is 2.04 bits per heavy atom. The molecular weight excluding hydrogens is 366 g/mol. The molecule has 1 aliphatic rings. The Bertz CT molecular complexity index is 766.